The molecule has 2 rings (SSSR count). The van der Waals surface area contributed by atoms with E-state index in [1.807, 2.05) is 6.08 Å². The fourth-order valence-corrected chi connectivity index (χ4v) is 1.15. The summed E-state index contributed by atoms with van der Waals surface area (Å²) in [7, 11) is 0. The molecule has 3 nitrogen and oxygen atoms in total. The van der Waals surface area contributed by atoms with Gasteiger partial charge >= 0.3 is 0 Å². The largest absolute Gasteiger partial charge is 0.364 e. The zero-order valence-corrected chi connectivity index (χ0v) is 6.31. The van der Waals surface area contributed by atoms with Gasteiger partial charge in [-0.3, -0.25) is 4.79 Å². The zero-order chi connectivity index (χ0) is 8.39. The topological polar surface area (TPSA) is 43.1 Å². The van der Waals surface area contributed by atoms with E-state index in [2.05, 4.69) is 9.68 Å². The van der Waals surface area contributed by atoms with Gasteiger partial charge in [-0.15, -0.1) is 0 Å². The van der Waals surface area contributed by atoms with Crippen molar-refractivity contribution in [2.45, 2.75) is 5.92 Å². The third-order valence-corrected chi connectivity index (χ3v) is 1.76. The van der Waals surface area contributed by atoms with E-state index >= 15 is 0 Å². The van der Waals surface area contributed by atoms with Crippen molar-refractivity contribution < 1.29 is 9.32 Å². The molecule has 0 radical (unpaired) electrons. The Morgan fingerprint density at radius 1 is 1.42 bits per heavy atom. The second-order valence-electron chi connectivity index (χ2n) is 2.55. The third kappa shape index (κ3) is 1.09. The molecule has 1 heterocycles. The molecule has 1 aliphatic rings. The van der Waals surface area contributed by atoms with E-state index in [1.54, 1.807) is 24.3 Å². The SMILES string of the molecule is O=C1C=CC=CC1c1ccon1. The highest BCUT2D eigenvalue weighted by Gasteiger charge is 2.19. The first-order valence-electron chi connectivity index (χ1n) is 3.67. The van der Waals surface area contributed by atoms with E-state index in [0.29, 0.717) is 5.69 Å². The summed E-state index contributed by atoms with van der Waals surface area (Å²) in [6.07, 6.45) is 8.37. The standard InChI is InChI=1S/C9H7NO2/c11-9-4-2-1-3-7(9)8-5-6-12-10-8/h1-7H. The van der Waals surface area contributed by atoms with Crippen molar-refractivity contribution in [2.24, 2.45) is 0 Å². The Morgan fingerprint density at radius 2 is 2.33 bits per heavy atom. The van der Waals surface area contributed by atoms with E-state index < -0.39 is 0 Å². The van der Waals surface area contributed by atoms with Gasteiger partial charge in [0.1, 0.15) is 6.26 Å². The Hall–Kier alpha value is -1.64. The van der Waals surface area contributed by atoms with Gasteiger partial charge in [-0.1, -0.05) is 23.4 Å². The molecule has 0 saturated heterocycles. The molecule has 0 spiro atoms. The molecule has 1 aromatic heterocycles. The van der Waals surface area contributed by atoms with Crippen LogP contribution in [-0.4, -0.2) is 10.9 Å². The minimum Gasteiger partial charge on any atom is -0.364 e. The van der Waals surface area contributed by atoms with E-state index in [4.69, 9.17) is 0 Å². The number of nitrogens with zero attached hydrogens (tertiary/aromatic N) is 1. The van der Waals surface area contributed by atoms with Gasteiger partial charge in [-0.05, 0) is 6.08 Å². The Morgan fingerprint density at radius 3 is 3.00 bits per heavy atom. The number of rotatable bonds is 1. The molecule has 0 fully saturated rings. The second kappa shape index (κ2) is 2.77. The average molecular weight is 161 g/mol. The molecule has 1 unspecified atom stereocenters. The molecule has 1 atom stereocenters. The highest BCUT2D eigenvalue weighted by Crippen LogP contribution is 2.19. The average Bonchev–Trinajstić information content (AvgIpc) is 2.57. The van der Waals surface area contributed by atoms with Crippen LogP contribution in [-0.2, 0) is 4.79 Å². The zero-order valence-electron chi connectivity index (χ0n) is 6.31. The lowest BCUT2D eigenvalue weighted by Crippen LogP contribution is -2.09. The van der Waals surface area contributed by atoms with Crippen LogP contribution in [0.1, 0.15) is 11.6 Å². The Balaban J connectivity index is 2.31. The molecule has 0 bridgehead atoms. The molecule has 60 valence electrons. The lowest BCUT2D eigenvalue weighted by molar-refractivity contribution is -0.115. The number of carbonyl (C=O) groups is 1. The molecule has 1 aliphatic carbocycles. The molecule has 0 amide bonds. The summed E-state index contributed by atoms with van der Waals surface area (Å²) in [5.41, 5.74) is 0.667. The van der Waals surface area contributed by atoms with Crippen molar-refractivity contribution in [2.75, 3.05) is 0 Å². The van der Waals surface area contributed by atoms with Gasteiger partial charge in [0.05, 0.1) is 11.6 Å². The Kier molecular flexibility index (Phi) is 1.63. The van der Waals surface area contributed by atoms with Crippen LogP contribution in [0.3, 0.4) is 0 Å². The summed E-state index contributed by atoms with van der Waals surface area (Å²) < 4.78 is 4.66. The maximum atomic E-state index is 11.3. The third-order valence-electron chi connectivity index (χ3n) is 1.76. The number of allylic oxidation sites excluding steroid dienone is 4. The molecular weight excluding hydrogens is 154 g/mol. The molecule has 12 heavy (non-hydrogen) atoms. The van der Waals surface area contributed by atoms with Crippen molar-refractivity contribution in [3.05, 3.63) is 42.3 Å². The van der Waals surface area contributed by atoms with Crippen LogP contribution in [0.2, 0.25) is 0 Å². The smallest absolute Gasteiger partial charge is 0.168 e. The van der Waals surface area contributed by atoms with Gasteiger partial charge in [-0.25, -0.2) is 0 Å². The van der Waals surface area contributed by atoms with Gasteiger partial charge < -0.3 is 4.52 Å². The van der Waals surface area contributed by atoms with Crippen LogP contribution in [0, 0.1) is 0 Å². The lowest BCUT2D eigenvalue weighted by atomic mass is 9.96. The van der Waals surface area contributed by atoms with Crippen LogP contribution in [0.25, 0.3) is 0 Å². The van der Waals surface area contributed by atoms with Gasteiger partial charge in [0.2, 0.25) is 0 Å². The van der Waals surface area contributed by atoms with Crippen LogP contribution in [0.4, 0.5) is 0 Å². The first kappa shape index (κ1) is 7.03. The minimum atomic E-state index is -0.256. The number of hydrogen-bond donors (Lipinski definition) is 0. The van der Waals surface area contributed by atoms with E-state index in [9.17, 15) is 4.79 Å². The van der Waals surface area contributed by atoms with E-state index in [-0.39, 0.29) is 11.7 Å². The summed E-state index contributed by atoms with van der Waals surface area (Å²) in [4.78, 5) is 11.3. The van der Waals surface area contributed by atoms with Gasteiger partial charge in [0.15, 0.2) is 5.78 Å². The normalized spacial score (nSPS) is 21.7. The lowest BCUT2D eigenvalue weighted by Gasteiger charge is -2.06. The first-order chi connectivity index (χ1) is 5.88. The molecule has 0 aliphatic heterocycles. The van der Waals surface area contributed by atoms with Crippen molar-refractivity contribution >= 4 is 5.78 Å². The van der Waals surface area contributed by atoms with Gasteiger partial charge in [-0.2, -0.15) is 0 Å². The predicted molar refractivity (Wildman–Crippen MR) is 42.5 cm³/mol. The van der Waals surface area contributed by atoms with E-state index in [0.717, 1.165) is 0 Å². The fourth-order valence-electron chi connectivity index (χ4n) is 1.15. The molecule has 1 aromatic rings. The number of ketones is 1. The van der Waals surface area contributed by atoms with Crippen LogP contribution in [0.5, 0.6) is 0 Å². The van der Waals surface area contributed by atoms with Crippen LogP contribution < -0.4 is 0 Å². The van der Waals surface area contributed by atoms with Gasteiger partial charge in [0.25, 0.3) is 0 Å². The maximum absolute atomic E-state index is 11.3. The minimum absolute atomic E-state index is 0.0476. The molecule has 0 aromatic carbocycles. The molecule has 0 N–H and O–H groups in total. The number of carbonyl (C=O) groups excluding carboxylic acids is 1. The van der Waals surface area contributed by atoms with Crippen molar-refractivity contribution in [3.63, 3.8) is 0 Å². The summed E-state index contributed by atoms with van der Waals surface area (Å²) in [5, 5.41) is 3.71. The Labute approximate surface area is 69.4 Å². The van der Waals surface area contributed by atoms with Gasteiger partial charge in [0, 0.05) is 6.07 Å². The predicted octanol–water partition coefficient (Wildman–Crippen LogP) is 1.45. The molecule has 0 saturated carbocycles. The van der Waals surface area contributed by atoms with Crippen molar-refractivity contribution in [3.8, 4) is 0 Å². The summed E-state index contributed by atoms with van der Waals surface area (Å²) >= 11 is 0. The van der Waals surface area contributed by atoms with E-state index in [1.165, 1.54) is 6.26 Å². The number of hydrogen-bond acceptors (Lipinski definition) is 3. The molecule has 3 heteroatoms. The summed E-state index contributed by atoms with van der Waals surface area (Å²) in [5.74, 6) is -0.208. The Bertz CT molecular complexity index is 335. The van der Waals surface area contributed by atoms with Crippen LogP contribution >= 0.6 is 0 Å². The highest BCUT2D eigenvalue weighted by molar-refractivity contribution is 5.97. The van der Waals surface area contributed by atoms with Crippen LogP contribution in [0.15, 0.2) is 41.2 Å². The molecular formula is C9H7NO2. The summed E-state index contributed by atoms with van der Waals surface area (Å²) in [6, 6.07) is 1.70. The second-order valence-corrected chi connectivity index (χ2v) is 2.55. The van der Waals surface area contributed by atoms with Crippen molar-refractivity contribution in [1.29, 1.82) is 0 Å². The summed E-state index contributed by atoms with van der Waals surface area (Å²) in [6.45, 7) is 0. The highest BCUT2D eigenvalue weighted by atomic mass is 16.5. The van der Waals surface area contributed by atoms with Crippen molar-refractivity contribution in [1.82, 2.24) is 5.16 Å². The quantitative estimate of drug-likeness (QED) is 0.626. The fraction of sp³-hybridized carbons (Fsp3) is 0.111. The maximum Gasteiger partial charge on any atom is 0.168 e. The monoisotopic (exact) mass is 161 g/mol. The number of aromatic nitrogens is 1. The first-order valence-corrected chi connectivity index (χ1v) is 3.67.